The van der Waals surface area contributed by atoms with Crippen molar-refractivity contribution < 1.29 is 9.72 Å². The fourth-order valence-electron chi connectivity index (χ4n) is 1.23. The van der Waals surface area contributed by atoms with Crippen LogP contribution in [-0.4, -0.2) is 22.6 Å². The van der Waals surface area contributed by atoms with Gasteiger partial charge in [0.1, 0.15) is 0 Å². The topological polar surface area (TPSA) is 72.2 Å². The molecule has 18 heavy (non-hydrogen) atoms. The number of rotatable bonds is 6. The first kappa shape index (κ1) is 14.5. The summed E-state index contributed by atoms with van der Waals surface area (Å²) in [5.74, 6) is 0.301. The average molecular weight is 268 g/mol. The maximum atomic E-state index is 11.5. The first-order valence-electron chi connectivity index (χ1n) is 5.69. The number of hydrogen-bond donors (Lipinski definition) is 1. The van der Waals surface area contributed by atoms with Gasteiger partial charge in [-0.25, -0.2) is 0 Å². The summed E-state index contributed by atoms with van der Waals surface area (Å²) in [6, 6.07) is 6.36. The second kappa shape index (κ2) is 7.00. The number of nitro benzene ring substituents is 1. The fraction of sp³-hybridized carbons (Fsp3) is 0.417. The van der Waals surface area contributed by atoms with E-state index in [1.54, 1.807) is 12.1 Å². The van der Waals surface area contributed by atoms with Gasteiger partial charge in [-0.3, -0.25) is 14.9 Å². The van der Waals surface area contributed by atoms with Gasteiger partial charge in [-0.05, 0) is 25.5 Å². The predicted octanol–water partition coefficient (Wildman–Crippen LogP) is 2.60. The Kier molecular flexibility index (Phi) is 5.64. The van der Waals surface area contributed by atoms with E-state index in [0.717, 1.165) is 11.3 Å². The maximum Gasteiger partial charge on any atom is 0.269 e. The van der Waals surface area contributed by atoms with Crippen molar-refractivity contribution in [3.8, 4) is 0 Å². The Morgan fingerprint density at radius 1 is 1.44 bits per heavy atom. The van der Waals surface area contributed by atoms with Crippen LogP contribution in [0.25, 0.3) is 0 Å². The lowest BCUT2D eigenvalue weighted by Gasteiger charge is -2.10. The molecule has 0 aliphatic rings. The van der Waals surface area contributed by atoms with E-state index in [0.29, 0.717) is 5.75 Å². The lowest BCUT2D eigenvalue weighted by molar-refractivity contribution is -0.384. The van der Waals surface area contributed by atoms with Crippen molar-refractivity contribution in [3.05, 3.63) is 34.4 Å². The molecule has 0 saturated carbocycles. The van der Waals surface area contributed by atoms with Crippen molar-refractivity contribution in [1.82, 2.24) is 5.32 Å². The van der Waals surface area contributed by atoms with Crippen molar-refractivity contribution in [2.75, 3.05) is 5.75 Å². The standard InChI is InChI=1S/C12H16N2O3S/c1-3-9(2)13-12(15)8-18-11-6-4-10(5-7-11)14(16)17/h4-7,9H,3,8H2,1-2H3,(H,13,15)/t9-/m1/s1. The van der Waals surface area contributed by atoms with Crippen LogP contribution in [0.4, 0.5) is 5.69 Å². The first-order chi connectivity index (χ1) is 8.52. The van der Waals surface area contributed by atoms with Gasteiger partial charge >= 0.3 is 0 Å². The Hall–Kier alpha value is -1.56. The largest absolute Gasteiger partial charge is 0.353 e. The summed E-state index contributed by atoms with van der Waals surface area (Å²) >= 11 is 1.37. The monoisotopic (exact) mass is 268 g/mol. The lowest BCUT2D eigenvalue weighted by atomic mass is 10.3. The number of nitrogens with zero attached hydrogens (tertiary/aromatic N) is 1. The predicted molar refractivity (Wildman–Crippen MR) is 71.7 cm³/mol. The Morgan fingerprint density at radius 3 is 2.56 bits per heavy atom. The molecule has 0 fully saturated rings. The molecular formula is C12H16N2O3S. The number of benzene rings is 1. The Labute approximate surface area is 110 Å². The average Bonchev–Trinajstić information content (AvgIpc) is 2.36. The van der Waals surface area contributed by atoms with E-state index in [1.165, 1.54) is 23.9 Å². The molecule has 0 unspecified atom stereocenters. The van der Waals surface area contributed by atoms with Gasteiger partial charge in [-0.2, -0.15) is 0 Å². The van der Waals surface area contributed by atoms with Crippen molar-refractivity contribution in [2.45, 2.75) is 31.2 Å². The third kappa shape index (κ3) is 4.75. The van der Waals surface area contributed by atoms with Crippen molar-refractivity contribution in [3.63, 3.8) is 0 Å². The summed E-state index contributed by atoms with van der Waals surface area (Å²) in [4.78, 5) is 22.4. The molecule has 5 nitrogen and oxygen atoms in total. The molecule has 1 amide bonds. The maximum absolute atomic E-state index is 11.5. The van der Waals surface area contributed by atoms with E-state index >= 15 is 0 Å². The van der Waals surface area contributed by atoms with Gasteiger partial charge in [0.05, 0.1) is 10.7 Å². The molecule has 0 aliphatic heterocycles. The Balaban J connectivity index is 2.44. The molecule has 98 valence electrons. The summed E-state index contributed by atoms with van der Waals surface area (Å²) in [6.45, 7) is 3.96. The van der Waals surface area contributed by atoms with E-state index < -0.39 is 4.92 Å². The van der Waals surface area contributed by atoms with Crippen LogP contribution >= 0.6 is 11.8 Å². The quantitative estimate of drug-likeness (QED) is 0.489. The van der Waals surface area contributed by atoms with Gasteiger partial charge in [-0.15, -0.1) is 11.8 Å². The highest BCUT2D eigenvalue weighted by Gasteiger charge is 2.08. The van der Waals surface area contributed by atoms with Gasteiger partial charge in [0, 0.05) is 23.1 Å². The molecule has 0 bridgehead atoms. The summed E-state index contributed by atoms with van der Waals surface area (Å²) < 4.78 is 0. The number of carbonyl (C=O) groups excluding carboxylic acids is 1. The molecular weight excluding hydrogens is 252 g/mol. The summed E-state index contributed by atoms with van der Waals surface area (Å²) in [5, 5.41) is 13.3. The van der Waals surface area contributed by atoms with Crippen LogP contribution in [0.3, 0.4) is 0 Å². The summed E-state index contributed by atoms with van der Waals surface area (Å²) in [7, 11) is 0. The van der Waals surface area contributed by atoms with E-state index in [4.69, 9.17) is 0 Å². The van der Waals surface area contributed by atoms with Crippen molar-refractivity contribution in [2.24, 2.45) is 0 Å². The number of carbonyl (C=O) groups is 1. The Morgan fingerprint density at radius 2 is 2.06 bits per heavy atom. The van der Waals surface area contributed by atoms with E-state index in [-0.39, 0.29) is 17.6 Å². The third-order valence-electron chi connectivity index (χ3n) is 2.44. The van der Waals surface area contributed by atoms with Crippen LogP contribution in [0.1, 0.15) is 20.3 Å². The van der Waals surface area contributed by atoms with Gasteiger partial charge in [0.2, 0.25) is 5.91 Å². The molecule has 0 radical (unpaired) electrons. The Bertz CT molecular complexity index is 420. The van der Waals surface area contributed by atoms with E-state index in [9.17, 15) is 14.9 Å². The minimum atomic E-state index is -0.440. The molecule has 1 atom stereocenters. The number of hydrogen-bond acceptors (Lipinski definition) is 4. The number of nitro groups is 1. The fourth-order valence-corrected chi connectivity index (χ4v) is 1.94. The molecule has 1 rings (SSSR count). The number of non-ortho nitro benzene ring substituents is 1. The van der Waals surface area contributed by atoms with Crippen molar-refractivity contribution >= 4 is 23.4 Å². The molecule has 1 N–H and O–H groups in total. The van der Waals surface area contributed by atoms with Crippen LogP contribution in [0.2, 0.25) is 0 Å². The van der Waals surface area contributed by atoms with Crippen LogP contribution in [0.15, 0.2) is 29.2 Å². The third-order valence-corrected chi connectivity index (χ3v) is 3.45. The highest BCUT2D eigenvalue weighted by atomic mass is 32.2. The van der Waals surface area contributed by atoms with Gasteiger partial charge < -0.3 is 5.32 Å². The molecule has 1 aromatic carbocycles. The molecule has 0 aromatic heterocycles. The number of thioether (sulfide) groups is 1. The lowest BCUT2D eigenvalue weighted by Crippen LogP contribution is -2.33. The van der Waals surface area contributed by atoms with Crippen LogP contribution in [0.5, 0.6) is 0 Å². The van der Waals surface area contributed by atoms with Crippen molar-refractivity contribution in [1.29, 1.82) is 0 Å². The van der Waals surface area contributed by atoms with Crippen LogP contribution in [0, 0.1) is 10.1 Å². The molecule has 0 saturated heterocycles. The molecule has 1 aromatic rings. The van der Waals surface area contributed by atoms with Gasteiger partial charge in [0.15, 0.2) is 0 Å². The van der Waals surface area contributed by atoms with Crippen LogP contribution < -0.4 is 5.32 Å². The summed E-state index contributed by atoms with van der Waals surface area (Å²) in [5.41, 5.74) is 0.0587. The highest BCUT2D eigenvalue weighted by Crippen LogP contribution is 2.21. The summed E-state index contributed by atoms with van der Waals surface area (Å²) in [6.07, 6.45) is 0.897. The number of amides is 1. The van der Waals surface area contributed by atoms with Crippen LogP contribution in [-0.2, 0) is 4.79 Å². The zero-order valence-corrected chi connectivity index (χ0v) is 11.2. The normalized spacial score (nSPS) is 11.9. The number of nitrogens with one attached hydrogen (secondary N) is 1. The zero-order chi connectivity index (χ0) is 13.5. The second-order valence-corrected chi connectivity index (χ2v) is 4.97. The smallest absolute Gasteiger partial charge is 0.269 e. The van der Waals surface area contributed by atoms with E-state index in [2.05, 4.69) is 5.32 Å². The molecule has 0 spiro atoms. The second-order valence-electron chi connectivity index (χ2n) is 3.92. The van der Waals surface area contributed by atoms with Gasteiger partial charge in [0.25, 0.3) is 5.69 Å². The first-order valence-corrected chi connectivity index (χ1v) is 6.68. The molecule has 0 aliphatic carbocycles. The van der Waals surface area contributed by atoms with E-state index in [1.807, 2.05) is 13.8 Å². The minimum Gasteiger partial charge on any atom is -0.353 e. The molecule has 0 heterocycles. The zero-order valence-electron chi connectivity index (χ0n) is 10.4. The highest BCUT2D eigenvalue weighted by molar-refractivity contribution is 8.00. The molecule has 6 heteroatoms. The SMILES string of the molecule is CC[C@@H](C)NC(=O)CSc1ccc([N+](=O)[O-])cc1. The minimum absolute atomic E-state index is 0.0206. The van der Waals surface area contributed by atoms with Gasteiger partial charge in [-0.1, -0.05) is 6.92 Å².